The first-order valence-corrected chi connectivity index (χ1v) is 4.48. The van der Waals surface area contributed by atoms with Gasteiger partial charge in [0.15, 0.2) is 12.4 Å². The molecule has 3 heteroatoms. The third kappa shape index (κ3) is 5.61. The number of aliphatic hydroxyl groups excluding tert-OH is 1. The Morgan fingerprint density at radius 2 is 1.62 bits per heavy atom. The van der Waals surface area contributed by atoms with E-state index >= 15 is 0 Å². The van der Waals surface area contributed by atoms with Crippen LogP contribution in [-0.2, 0) is 6.54 Å². The highest BCUT2D eigenvalue weighted by atomic mass is 35.5. The van der Waals surface area contributed by atoms with Gasteiger partial charge in [0.05, 0.1) is 0 Å². The highest BCUT2D eigenvalue weighted by Gasteiger charge is 1.96. The van der Waals surface area contributed by atoms with Gasteiger partial charge in [0.1, 0.15) is 6.54 Å². The lowest BCUT2D eigenvalue weighted by atomic mass is 10.2. The van der Waals surface area contributed by atoms with Gasteiger partial charge in [0.25, 0.3) is 0 Å². The van der Waals surface area contributed by atoms with E-state index in [0.717, 1.165) is 25.8 Å². The molecule has 13 heavy (non-hydrogen) atoms. The van der Waals surface area contributed by atoms with Crippen molar-refractivity contribution >= 4 is 0 Å². The molecule has 0 fully saturated rings. The maximum Gasteiger partial charge on any atom is 0.168 e. The summed E-state index contributed by atoms with van der Waals surface area (Å²) < 4.78 is 2.16. The molecule has 2 nitrogen and oxygen atoms in total. The van der Waals surface area contributed by atoms with Gasteiger partial charge in [-0.1, -0.05) is 6.07 Å². The zero-order valence-corrected chi connectivity index (χ0v) is 8.45. The van der Waals surface area contributed by atoms with Crippen molar-refractivity contribution in [1.29, 1.82) is 0 Å². The molecular weight excluding hydrogens is 186 g/mol. The molecule has 74 valence electrons. The van der Waals surface area contributed by atoms with Crippen LogP contribution in [0.15, 0.2) is 30.6 Å². The number of unbranched alkanes of at least 4 members (excludes halogenated alkanes) is 2. The monoisotopic (exact) mass is 201 g/mol. The van der Waals surface area contributed by atoms with E-state index in [9.17, 15) is 0 Å². The minimum Gasteiger partial charge on any atom is -1.00 e. The fourth-order valence-corrected chi connectivity index (χ4v) is 1.17. The second-order valence-electron chi connectivity index (χ2n) is 2.90. The second-order valence-corrected chi connectivity index (χ2v) is 2.90. The van der Waals surface area contributed by atoms with E-state index in [1.165, 1.54) is 0 Å². The molecule has 0 aliphatic heterocycles. The summed E-state index contributed by atoms with van der Waals surface area (Å²) in [5.74, 6) is 0. The van der Waals surface area contributed by atoms with Crippen molar-refractivity contribution < 1.29 is 22.1 Å². The Morgan fingerprint density at radius 1 is 0.923 bits per heavy atom. The molecular formula is C10H16ClNO. The number of nitrogens with zero attached hydrogens (tertiary/aromatic N) is 1. The average molecular weight is 202 g/mol. The smallest absolute Gasteiger partial charge is 0.168 e. The van der Waals surface area contributed by atoms with Crippen molar-refractivity contribution in [2.24, 2.45) is 0 Å². The maximum absolute atomic E-state index is 8.56. The van der Waals surface area contributed by atoms with Crippen molar-refractivity contribution in [3.63, 3.8) is 0 Å². The molecule has 1 rings (SSSR count). The van der Waals surface area contributed by atoms with E-state index in [1.807, 2.05) is 18.2 Å². The van der Waals surface area contributed by atoms with Gasteiger partial charge in [-0.2, -0.15) is 0 Å². The Labute approximate surface area is 85.6 Å². The zero-order valence-electron chi connectivity index (χ0n) is 7.69. The molecule has 1 heterocycles. The van der Waals surface area contributed by atoms with Crippen LogP contribution in [0.1, 0.15) is 19.3 Å². The Bertz CT molecular complexity index is 203. The van der Waals surface area contributed by atoms with Gasteiger partial charge in [-0.05, 0) is 12.8 Å². The molecule has 0 bridgehead atoms. The molecule has 0 saturated carbocycles. The minimum absolute atomic E-state index is 0. The number of halogens is 1. The first-order valence-electron chi connectivity index (χ1n) is 4.48. The van der Waals surface area contributed by atoms with Crippen LogP contribution >= 0.6 is 0 Å². The first-order chi connectivity index (χ1) is 5.93. The lowest BCUT2D eigenvalue weighted by molar-refractivity contribution is -0.697. The average Bonchev–Trinajstić information content (AvgIpc) is 2.14. The molecule has 0 aliphatic rings. The summed E-state index contributed by atoms with van der Waals surface area (Å²) >= 11 is 0. The molecule has 1 aromatic heterocycles. The van der Waals surface area contributed by atoms with Crippen molar-refractivity contribution in [2.45, 2.75) is 25.8 Å². The molecule has 0 atom stereocenters. The van der Waals surface area contributed by atoms with Crippen LogP contribution in [-0.4, -0.2) is 11.7 Å². The van der Waals surface area contributed by atoms with Crippen molar-refractivity contribution in [1.82, 2.24) is 0 Å². The molecule has 0 saturated heterocycles. The molecule has 1 N–H and O–H groups in total. The predicted octanol–water partition coefficient (Wildman–Crippen LogP) is -1.86. The number of aryl methyl sites for hydroxylation is 1. The summed E-state index contributed by atoms with van der Waals surface area (Å²) in [7, 11) is 0. The van der Waals surface area contributed by atoms with Gasteiger partial charge in [-0.3, -0.25) is 0 Å². The van der Waals surface area contributed by atoms with Gasteiger partial charge >= 0.3 is 0 Å². The largest absolute Gasteiger partial charge is 1.00 e. The highest BCUT2D eigenvalue weighted by molar-refractivity contribution is 4.83. The van der Waals surface area contributed by atoms with Gasteiger partial charge in [-0.25, -0.2) is 4.57 Å². The first kappa shape index (κ1) is 12.4. The lowest BCUT2D eigenvalue weighted by Crippen LogP contribution is -3.00. The fraction of sp³-hybridized carbons (Fsp3) is 0.500. The van der Waals surface area contributed by atoms with Crippen molar-refractivity contribution in [3.8, 4) is 0 Å². The number of aromatic nitrogens is 1. The van der Waals surface area contributed by atoms with Crippen LogP contribution in [0.2, 0.25) is 0 Å². The number of rotatable bonds is 5. The summed E-state index contributed by atoms with van der Waals surface area (Å²) in [6, 6.07) is 6.09. The van der Waals surface area contributed by atoms with Crippen LogP contribution in [0.25, 0.3) is 0 Å². The summed E-state index contributed by atoms with van der Waals surface area (Å²) in [6.45, 7) is 1.38. The third-order valence-corrected chi connectivity index (χ3v) is 1.85. The van der Waals surface area contributed by atoms with E-state index in [-0.39, 0.29) is 12.4 Å². The fourth-order valence-electron chi connectivity index (χ4n) is 1.17. The van der Waals surface area contributed by atoms with E-state index in [1.54, 1.807) is 0 Å². The molecule has 0 amide bonds. The van der Waals surface area contributed by atoms with E-state index < -0.39 is 0 Å². The Hall–Kier alpha value is -0.600. The van der Waals surface area contributed by atoms with Gasteiger partial charge in [-0.15, -0.1) is 0 Å². The topological polar surface area (TPSA) is 24.1 Å². The second kappa shape index (κ2) is 8.02. The van der Waals surface area contributed by atoms with Crippen LogP contribution in [0.3, 0.4) is 0 Å². The molecule has 0 aliphatic carbocycles. The van der Waals surface area contributed by atoms with Crippen molar-refractivity contribution in [3.05, 3.63) is 30.6 Å². The van der Waals surface area contributed by atoms with Crippen LogP contribution in [0, 0.1) is 0 Å². The normalized spacial score (nSPS) is 9.31. The van der Waals surface area contributed by atoms with E-state index in [4.69, 9.17) is 5.11 Å². The third-order valence-electron chi connectivity index (χ3n) is 1.85. The quantitative estimate of drug-likeness (QED) is 0.439. The molecule has 0 spiro atoms. The van der Waals surface area contributed by atoms with Gasteiger partial charge in [0, 0.05) is 25.2 Å². The zero-order chi connectivity index (χ0) is 8.65. The van der Waals surface area contributed by atoms with Crippen LogP contribution < -0.4 is 17.0 Å². The number of aliphatic hydroxyl groups is 1. The SMILES string of the molecule is OCCCCC[n+]1ccccc1.[Cl-]. The molecule has 0 radical (unpaired) electrons. The summed E-state index contributed by atoms with van der Waals surface area (Å²) in [5, 5.41) is 8.56. The standard InChI is InChI=1S/C10H16NO.ClH/c12-10-6-2-5-9-11-7-3-1-4-8-11;/h1,3-4,7-8,12H,2,5-6,9-10H2;1H/q+1;/p-1. The van der Waals surface area contributed by atoms with E-state index in [0.29, 0.717) is 6.61 Å². The molecule has 0 unspecified atom stereocenters. The van der Waals surface area contributed by atoms with Gasteiger partial charge in [0.2, 0.25) is 0 Å². The van der Waals surface area contributed by atoms with Gasteiger partial charge < -0.3 is 17.5 Å². The maximum atomic E-state index is 8.56. The number of hydrogen-bond donors (Lipinski definition) is 1. The van der Waals surface area contributed by atoms with Crippen molar-refractivity contribution in [2.75, 3.05) is 6.61 Å². The van der Waals surface area contributed by atoms with Crippen LogP contribution in [0.4, 0.5) is 0 Å². The number of hydrogen-bond acceptors (Lipinski definition) is 1. The minimum atomic E-state index is 0. The van der Waals surface area contributed by atoms with E-state index in [2.05, 4.69) is 17.0 Å². The Morgan fingerprint density at radius 3 is 2.23 bits per heavy atom. The Kier molecular flexibility index (Phi) is 7.65. The summed E-state index contributed by atoms with van der Waals surface area (Å²) in [5.41, 5.74) is 0. The highest BCUT2D eigenvalue weighted by Crippen LogP contribution is 1.93. The Balaban J connectivity index is 0.00000144. The summed E-state index contributed by atoms with van der Waals surface area (Å²) in [6.07, 6.45) is 7.32. The number of pyridine rings is 1. The lowest BCUT2D eigenvalue weighted by Gasteiger charge is -1.95. The molecule has 1 aromatic rings. The molecule has 0 aromatic carbocycles. The predicted molar refractivity (Wildman–Crippen MR) is 47.6 cm³/mol. The van der Waals surface area contributed by atoms with Crippen LogP contribution in [0.5, 0.6) is 0 Å². The summed E-state index contributed by atoms with van der Waals surface area (Å²) in [4.78, 5) is 0.